The molecular weight excluding hydrogens is 230 g/mol. The lowest BCUT2D eigenvalue weighted by molar-refractivity contribution is -0.138. The van der Waals surface area contributed by atoms with E-state index in [4.69, 9.17) is 0 Å². The van der Waals surface area contributed by atoms with Crippen molar-refractivity contribution in [2.45, 2.75) is 44.2 Å². The molecule has 1 aliphatic heterocycles. The van der Waals surface area contributed by atoms with E-state index in [-0.39, 0.29) is 0 Å². The number of hydrogen-bond donors (Lipinski definition) is 1. The zero-order valence-corrected chi connectivity index (χ0v) is 10.2. The molecular formula is C13H17N3O2. The van der Waals surface area contributed by atoms with Crippen LogP contribution in [0.3, 0.4) is 0 Å². The minimum absolute atomic E-state index is 0.308. The van der Waals surface area contributed by atoms with Crippen LogP contribution < -0.4 is 4.90 Å². The molecule has 0 bridgehead atoms. The molecule has 18 heavy (non-hydrogen) atoms. The van der Waals surface area contributed by atoms with Gasteiger partial charge in [-0.2, -0.15) is 0 Å². The van der Waals surface area contributed by atoms with Crippen molar-refractivity contribution in [1.82, 2.24) is 9.97 Å². The second-order valence-electron chi connectivity index (χ2n) is 5.16. The Bertz CT molecular complexity index is 437. The summed E-state index contributed by atoms with van der Waals surface area (Å²) in [7, 11) is 0. The van der Waals surface area contributed by atoms with Gasteiger partial charge >= 0.3 is 5.97 Å². The molecule has 2 aliphatic rings. The van der Waals surface area contributed by atoms with Gasteiger partial charge in [0.15, 0.2) is 0 Å². The van der Waals surface area contributed by atoms with E-state index in [1.807, 2.05) is 4.90 Å². The van der Waals surface area contributed by atoms with Crippen molar-refractivity contribution in [2.24, 2.45) is 5.92 Å². The Kier molecular flexibility index (Phi) is 2.89. The smallest absolute Gasteiger partial charge is 0.326 e. The average molecular weight is 247 g/mol. The van der Waals surface area contributed by atoms with Crippen molar-refractivity contribution in [3.63, 3.8) is 0 Å². The van der Waals surface area contributed by atoms with Crippen molar-refractivity contribution in [3.05, 3.63) is 18.5 Å². The molecule has 5 nitrogen and oxygen atoms in total. The van der Waals surface area contributed by atoms with Gasteiger partial charge in [0.1, 0.15) is 6.04 Å². The number of anilines is 1. The van der Waals surface area contributed by atoms with E-state index in [9.17, 15) is 9.90 Å². The van der Waals surface area contributed by atoms with Gasteiger partial charge in [0.2, 0.25) is 5.95 Å². The maximum atomic E-state index is 11.4. The predicted molar refractivity (Wildman–Crippen MR) is 66.3 cm³/mol. The van der Waals surface area contributed by atoms with Crippen molar-refractivity contribution in [3.8, 4) is 0 Å². The van der Waals surface area contributed by atoms with Crippen molar-refractivity contribution >= 4 is 11.9 Å². The molecule has 0 radical (unpaired) electrons. The van der Waals surface area contributed by atoms with Gasteiger partial charge < -0.3 is 10.0 Å². The van der Waals surface area contributed by atoms with E-state index >= 15 is 0 Å². The molecule has 1 aromatic rings. The maximum Gasteiger partial charge on any atom is 0.326 e. The molecule has 0 amide bonds. The van der Waals surface area contributed by atoms with E-state index in [2.05, 4.69) is 9.97 Å². The fraction of sp³-hybridized carbons (Fsp3) is 0.615. The molecule has 1 saturated heterocycles. The standard InChI is InChI=1S/C13H17N3O2/c17-12(18)11-8-9-4-1-2-5-10(9)16(11)13-14-6-3-7-15-13/h3,6-7,9-11H,1-2,4-5,8H2,(H,17,18)/t9-,10-,11+/m1/s1. The Morgan fingerprint density at radius 3 is 2.72 bits per heavy atom. The quantitative estimate of drug-likeness (QED) is 0.861. The van der Waals surface area contributed by atoms with Crippen LogP contribution in [-0.4, -0.2) is 33.1 Å². The summed E-state index contributed by atoms with van der Waals surface area (Å²) in [5, 5.41) is 9.39. The number of carbonyl (C=O) groups is 1. The lowest BCUT2D eigenvalue weighted by Gasteiger charge is -2.32. The van der Waals surface area contributed by atoms with Crippen LogP contribution in [-0.2, 0) is 4.79 Å². The van der Waals surface area contributed by atoms with Crippen LogP contribution in [0.15, 0.2) is 18.5 Å². The van der Waals surface area contributed by atoms with Crippen LogP contribution in [0.2, 0.25) is 0 Å². The molecule has 5 heteroatoms. The lowest BCUT2D eigenvalue weighted by Crippen LogP contribution is -2.43. The van der Waals surface area contributed by atoms with Crippen molar-refractivity contribution < 1.29 is 9.90 Å². The Hall–Kier alpha value is -1.65. The average Bonchev–Trinajstić information content (AvgIpc) is 2.79. The number of nitrogens with zero attached hydrogens (tertiary/aromatic N) is 3. The minimum Gasteiger partial charge on any atom is -0.480 e. The van der Waals surface area contributed by atoms with Gasteiger partial charge in [0, 0.05) is 18.4 Å². The van der Waals surface area contributed by atoms with E-state index < -0.39 is 12.0 Å². The monoisotopic (exact) mass is 247 g/mol. The van der Waals surface area contributed by atoms with Gasteiger partial charge in [0.05, 0.1) is 0 Å². The zero-order chi connectivity index (χ0) is 12.5. The number of aliphatic carboxylic acids is 1. The zero-order valence-electron chi connectivity index (χ0n) is 10.2. The van der Waals surface area contributed by atoms with Crippen LogP contribution in [0.25, 0.3) is 0 Å². The van der Waals surface area contributed by atoms with Crippen LogP contribution in [0, 0.1) is 5.92 Å². The molecule has 0 spiro atoms. The molecule has 1 aromatic heterocycles. The van der Waals surface area contributed by atoms with Crippen molar-refractivity contribution in [2.75, 3.05) is 4.90 Å². The summed E-state index contributed by atoms with van der Waals surface area (Å²) in [5.41, 5.74) is 0. The third-order valence-electron chi connectivity index (χ3n) is 4.16. The Labute approximate surface area is 106 Å². The van der Waals surface area contributed by atoms with Gasteiger partial charge in [-0.3, -0.25) is 0 Å². The van der Waals surface area contributed by atoms with E-state index in [0.717, 1.165) is 19.3 Å². The van der Waals surface area contributed by atoms with Gasteiger partial charge in [0.25, 0.3) is 0 Å². The fourth-order valence-electron chi connectivity index (χ4n) is 3.39. The summed E-state index contributed by atoms with van der Waals surface area (Å²) >= 11 is 0. The Morgan fingerprint density at radius 1 is 1.28 bits per heavy atom. The molecule has 96 valence electrons. The third-order valence-corrected chi connectivity index (χ3v) is 4.16. The summed E-state index contributed by atoms with van der Waals surface area (Å²) in [4.78, 5) is 21.8. The Balaban J connectivity index is 1.94. The summed E-state index contributed by atoms with van der Waals surface area (Å²) in [6.07, 6.45) is 8.69. The van der Waals surface area contributed by atoms with Crippen LogP contribution in [0.5, 0.6) is 0 Å². The number of aromatic nitrogens is 2. The van der Waals surface area contributed by atoms with Crippen molar-refractivity contribution in [1.29, 1.82) is 0 Å². The highest BCUT2D eigenvalue weighted by Crippen LogP contribution is 2.41. The first-order valence-corrected chi connectivity index (χ1v) is 6.55. The highest BCUT2D eigenvalue weighted by molar-refractivity contribution is 5.78. The number of carboxylic acids is 1. The first-order valence-electron chi connectivity index (χ1n) is 6.55. The maximum absolute atomic E-state index is 11.4. The molecule has 1 aliphatic carbocycles. The number of rotatable bonds is 2. The summed E-state index contributed by atoms with van der Waals surface area (Å²) in [6, 6.07) is 1.61. The predicted octanol–water partition coefficient (Wildman–Crippen LogP) is 1.70. The molecule has 1 saturated carbocycles. The van der Waals surface area contributed by atoms with Crippen LogP contribution >= 0.6 is 0 Å². The second-order valence-corrected chi connectivity index (χ2v) is 5.16. The SMILES string of the molecule is O=C(O)[C@@H]1C[C@H]2CCCC[C@H]2N1c1ncccn1. The van der Waals surface area contributed by atoms with Crippen LogP contribution in [0.4, 0.5) is 5.95 Å². The number of hydrogen-bond acceptors (Lipinski definition) is 4. The normalized spacial score (nSPS) is 31.1. The van der Waals surface area contributed by atoms with Crippen LogP contribution in [0.1, 0.15) is 32.1 Å². The summed E-state index contributed by atoms with van der Waals surface area (Å²) in [6.45, 7) is 0. The van der Waals surface area contributed by atoms with E-state index in [1.165, 1.54) is 12.8 Å². The third kappa shape index (κ3) is 1.83. The number of carboxylic acid groups (broad SMARTS) is 1. The summed E-state index contributed by atoms with van der Waals surface area (Å²) < 4.78 is 0. The lowest BCUT2D eigenvalue weighted by atomic mass is 9.85. The van der Waals surface area contributed by atoms with Gasteiger partial charge in [-0.15, -0.1) is 0 Å². The van der Waals surface area contributed by atoms with Gasteiger partial charge in [-0.1, -0.05) is 12.8 Å². The first-order chi connectivity index (χ1) is 8.77. The van der Waals surface area contributed by atoms with Gasteiger partial charge in [-0.25, -0.2) is 14.8 Å². The highest BCUT2D eigenvalue weighted by atomic mass is 16.4. The molecule has 0 aromatic carbocycles. The molecule has 3 rings (SSSR count). The van der Waals surface area contributed by atoms with E-state index in [1.54, 1.807) is 18.5 Å². The first kappa shape index (κ1) is 11.4. The molecule has 2 fully saturated rings. The molecule has 3 atom stereocenters. The Morgan fingerprint density at radius 2 is 2.00 bits per heavy atom. The largest absolute Gasteiger partial charge is 0.480 e. The topological polar surface area (TPSA) is 66.3 Å². The fourth-order valence-corrected chi connectivity index (χ4v) is 3.39. The molecule has 1 N–H and O–H groups in total. The number of fused-ring (bicyclic) bond motifs is 1. The molecule has 2 heterocycles. The highest BCUT2D eigenvalue weighted by Gasteiger charge is 2.46. The summed E-state index contributed by atoms with van der Waals surface area (Å²) in [5.74, 6) is 0.305. The minimum atomic E-state index is -0.753. The van der Waals surface area contributed by atoms with E-state index in [0.29, 0.717) is 17.9 Å². The molecule has 0 unspecified atom stereocenters. The second kappa shape index (κ2) is 4.55. The van der Waals surface area contributed by atoms with Gasteiger partial charge in [-0.05, 0) is 31.2 Å².